The standard InChI is InChI=1S/C16H27N5O2.HI/c1-12(11-22-3)20-16(17)19-9-14-4-5-15(18-8-14)21-6-7-23-13(2)10-21;/h4-5,8,12-13H,6-7,9-11H2,1-3H3,(H3,17,19,20);1H. The molecule has 0 spiro atoms. The number of rotatable bonds is 6. The molecule has 2 atom stereocenters. The number of hydrogen-bond acceptors (Lipinski definition) is 5. The van der Waals surface area contributed by atoms with Crippen molar-refractivity contribution in [3.8, 4) is 0 Å². The van der Waals surface area contributed by atoms with Crippen LogP contribution in [-0.2, 0) is 16.0 Å². The number of nitrogens with one attached hydrogen (secondary N) is 1. The van der Waals surface area contributed by atoms with Crippen LogP contribution in [0.5, 0.6) is 0 Å². The van der Waals surface area contributed by atoms with Crippen LogP contribution in [0.25, 0.3) is 0 Å². The largest absolute Gasteiger partial charge is 0.383 e. The minimum absolute atomic E-state index is 0. The summed E-state index contributed by atoms with van der Waals surface area (Å²) in [5, 5.41) is 3.08. The summed E-state index contributed by atoms with van der Waals surface area (Å²) in [4.78, 5) is 11.1. The van der Waals surface area contributed by atoms with E-state index in [9.17, 15) is 0 Å². The maximum absolute atomic E-state index is 5.86. The number of ether oxygens (including phenoxy) is 2. The van der Waals surface area contributed by atoms with E-state index >= 15 is 0 Å². The number of methoxy groups -OCH3 is 1. The summed E-state index contributed by atoms with van der Waals surface area (Å²) in [6, 6.07) is 4.20. The van der Waals surface area contributed by atoms with Gasteiger partial charge >= 0.3 is 0 Å². The summed E-state index contributed by atoms with van der Waals surface area (Å²) >= 11 is 0. The van der Waals surface area contributed by atoms with Crippen molar-refractivity contribution < 1.29 is 9.47 Å². The molecule has 1 saturated heterocycles. The van der Waals surface area contributed by atoms with Gasteiger partial charge in [-0.15, -0.1) is 24.0 Å². The van der Waals surface area contributed by atoms with E-state index in [-0.39, 0.29) is 36.1 Å². The Morgan fingerprint density at radius 3 is 3.00 bits per heavy atom. The zero-order valence-corrected chi connectivity index (χ0v) is 16.9. The topological polar surface area (TPSA) is 85.0 Å². The number of aromatic nitrogens is 1. The third kappa shape index (κ3) is 6.78. The molecule has 1 fully saturated rings. The predicted octanol–water partition coefficient (Wildman–Crippen LogP) is 1.36. The molecule has 1 aliphatic rings. The van der Waals surface area contributed by atoms with Gasteiger partial charge < -0.3 is 25.4 Å². The average Bonchev–Trinajstić information content (AvgIpc) is 2.53. The quantitative estimate of drug-likeness (QED) is 0.388. The predicted molar refractivity (Wildman–Crippen MR) is 107 cm³/mol. The Hall–Kier alpha value is -1.13. The van der Waals surface area contributed by atoms with Gasteiger partial charge in [0.05, 0.1) is 25.9 Å². The first-order valence-electron chi connectivity index (χ1n) is 7.95. The molecule has 2 heterocycles. The molecule has 1 aromatic rings. The molecule has 0 aliphatic carbocycles. The molecule has 2 rings (SSSR count). The van der Waals surface area contributed by atoms with E-state index in [1.807, 2.05) is 25.3 Å². The lowest BCUT2D eigenvalue weighted by molar-refractivity contribution is 0.0529. The summed E-state index contributed by atoms with van der Waals surface area (Å²) in [6.07, 6.45) is 2.10. The van der Waals surface area contributed by atoms with Crippen molar-refractivity contribution in [3.63, 3.8) is 0 Å². The van der Waals surface area contributed by atoms with Gasteiger partial charge in [0.25, 0.3) is 0 Å². The van der Waals surface area contributed by atoms with Crippen LogP contribution in [0.2, 0.25) is 0 Å². The second kappa shape index (κ2) is 10.7. The third-order valence-electron chi connectivity index (χ3n) is 3.62. The van der Waals surface area contributed by atoms with Crippen molar-refractivity contribution in [1.82, 2.24) is 10.3 Å². The van der Waals surface area contributed by atoms with E-state index in [0.717, 1.165) is 31.1 Å². The van der Waals surface area contributed by atoms with Crippen LogP contribution in [0.4, 0.5) is 5.82 Å². The van der Waals surface area contributed by atoms with Crippen molar-refractivity contribution in [2.75, 3.05) is 38.3 Å². The van der Waals surface area contributed by atoms with E-state index in [1.54, 1.807) is 7.11 Å². The lowest BCUT2D eigenvalue weighted by Gasteiger charge is -2.32. The molecule has 3 N–H and O–H groups in total. The number of nitrogens with zero attached hydrogens (tertiary/aromatic N) is 3. The second-order valence-corrected chi connectivity index (χ2v) is 5.85. The van der Waals surface area contributed by atoms with E-state index in [2.05, 4.69) is 27.1 Å². The number of aliphatic imine (C=N–C) groups is 1. The Balaban J connectivity index is 0.00000288. The van der Waals surface area contributed by atoms with Gasteiger partial charge in [-0.2, -0.15) is 0 Å². The van der Waals surface area contributed by atoms with Gasteiger partial charge in [0.2, 0.25) is 0 Å². The second-order valence-electron chi connectivity index (χ2n) is 5.85. The number of morpholine rings is 1. The minimum atomic E-state index is 0. The number of halogens is 1. The van der Waals surface area contributed by atoms with Crippen molar-refractivity contribution >= 4 is 35.8 Å². The molecule has 1 aliphatic heterocycles. The molecule has 0 radical (unpaired) electrons. The highest BCUT2D eigenvalue weighted by molar-refractivity contribution is 14.0. The molecule has 0 bridgehead atoms. The number of anilines is 1. The Kier molecular flexibility index (Phi) is 9.30. The summed E-state index contributed by atoms with van der Waals surface area (Å²) in [5.74, 6) is 1.40. The van der Waals surface area contributed by atoms with Gasteiger partial charge in [0, 0.05) is 32.4 Å². The summed E-state index contributed by atoms with van der Waals surface area (Å²) in [6.45, 7) is 7.66. The van der Waals surface area contributed by atoms with Crippen LogP contribution in [0.15, 0.2) is 23.3 Å². The summed E-state index contributed by atoms with van der Waals surface area (Å²) in [7, 11) is 1.66. The van der Waals surface area contributed by atoms with Crippen molar-refractivity contribution in [2.24, 2.45) is 10.7 Å². The van der Waals surface area contributed by atoms with Crippen molar-refractivity contribution in [2.45, 2.75) is 32.5 Å². The molecule has 8 heteroatoms. The number of guanidine groups is 1. The van der Waals surface area contributed by atoms with Gasteiger partial charge in [-0.1, -0.05) is 6.07 Å². The van der Waals surface area contributed by atoms with Crippen molar-refractivity contribution in [3.05, 3.63) is 23.9 Å². The van der Waals surface area contributed by atoms with Gasteiger partial charge in [-0.3, -0.25) is 0 Å². The SMILES string of the molecule is COCC(C)NC(N)=NCc1ccc(N2CCOC(C)C2)nc1.I. The van der Waals surface area contributed by atoms with Gasteiger partial charge in [-0.05, 0) is 25.5 Å². The lowest BCUT2D eigenvalue weighted by Crippen LogP contribution is -2.41. The Labute approximate surface area is 161 Å². The van der Waals surface area contributed by atoms with Crippen molar-refractivity contribution in [1.29, 1.82) is 0 Å². The highest BCUT2D eigenvalue weighted by atomic mass is 127. The lowest BCUT2D eigenvalue weighted by atomic mass is 10.2. The third-order valence-corrected chi connectivity index (χ3v) is 3.62. The zero-order valence-electron chi connectivity index (χ0n) is 14.6. The van der Waals surface area contributed by atoms with E-state index < -0.39 is 0 Å². The number of hydrogen-bond donors (Lipinski definition) is 2. The van der Waals surface area contributed by atoms with Crippen LogP contribution in [0, 0.1) is 0 Å². The Morgan fingerprint density at radius 1 is 1.58 bits per heavy atom. The van der Waals surface area contributed by atoms with Crippen LogP contribution in [0.1, 0.15) is 19.4 Å². The first-order valence-corrected chi connectivity index (χ1v) is 7.95. The molecular weight excluding hydrogens is 421 g/mol. The first-order chi connectivity index (χ1) is 11.1. The highest BCUT2D eigenvalue weighted by Crippen LogP contribution is 2.15. The van der Waals surface area contributed by atoms with E-state index in [1.165, 1.54) is 0 Å². The molecule has 0 amide bonds. The molecule has 1 aromatic heterocycles. The van der Waals surface area contributed by atoms with E-state index in [4.69, 9.17) is 15.2 Å². The molecule has 24 heavy (non-hydrogen) atoms. The maximum Gasteiger partial charge on any atom is 0.189 e. The first kappa shape index (κ1) is 20.9. The zero-order chi connectivity index (χ0) is 16.7. The smallest absolute Gasteiger partial charge is 0.189 e. The summed E-state index contributed by atoms with van der Waals surface area (Å²) in [5.41, 5.74) is 6.88. The van der Waals surface area contributed by atoms with E-state index in [0.29, 0.717) is 19.1 Å². The van der Waals surface area contributed by atoms with Crippen LogP contribution in [-0.4, -0.2) is 56.5 Å². The molecule has 0 saturated carbocycles. The average molecular weight is 449 g/mol. The minimum Gasteiger partial charge on any atom is -0.383 e. The number of nitrogens with two attached hydrogens (primary N) is 1. The fourth-order valence-electron chi connectivity index (χ4n) is 2.49. The van der Waals surface area contributed by atoms with Gasteiger partial charge in [0.15, 0.2) is 5.96 Å². The van der Waals surface area contributed by atoms with Crippen LogP contribution >= 0.6 is 24.0 Å². The molecule has 136 valence electrons. The van der Waals surface area contributed by atoms with Crippen LogP contribution in [0.3, 0.4) is 0 Å². The monoisotopic (exact) mass is 449 g/mol. The van der Waals surface area contributed by atoms with Gasteiger partial charge in [0.1, 0.15) is 5.82 Å². The fraction of sp³-hybridized carbons (Fsp3) is 0.625. The maximum atomic E-state index is 5.86. The molecular formula is C16H28IN5O2. The normalized spacial score (nSPS) is 19.5. The molecule has 2 unspecified atom stereocenters. The van der Waals surface area contributed by atoms with Gasteiger partial charge in [-0.25, -0.2) is 9.98 Å². The van der Waals surface area contributed by atoms with Crippen LogP contribution < -0.4 is 16.0 Å². The molecule has 0 aromatic carbocycles. The highest BCUT2D eigenvalue weighted by Gasteiger charge is 2.17. The molecule has 7 nitrogen and oxygen atoms in total. The Morgan fingerprint density at radius 2 is 2.38 bits per heavy atom. The number of pyridine rings is 1. The fourth-order valence-corrected chi connectivity index (χ4v) is 2.49. The Bertz CT molecular complexity index is 512. The summed E-state index contributed by atoms with van der Waals surface area (Å²) < 4.78 is 10.6.